The SMILES string of the molecule is C1CC2OCCC2O1.C1CCC(C2CCCCC2)CC1.C1COCCO1.C1CSCCS1.CC.CC.CC.CC.CC.CC.CC(C)=O.CC(C)=O.CC1OCC2(CO1)COC(C)OC2. The number of ether oxygens (including phenoxy) is 8. The average molecular weight is 974 g/mol. The van der Waals surface area contributed by atoms with Crippen LogP contribution < -0.4 is 0 Å². The van der Waals surface area contributed by atoms with Crippen LogP contribution in [0.3, 0.4) is 0 Å². The lowest BCUT2D eigenvalue weighted by Crippen LogP contribution is -2.51. The van der Waals surface area contributed by atoms with Crippen molar-refractivity contribution in [1.29, 1.82) is 0 Å². The van der Waals surface area contributed by atoms with Gasteiger partial charge in [0.05, 0.1) is 70.5 Å². The molecule has 2 atom stereocenters. The highest BCUT2D eigenvalue weighted by atomic mass is 32.2. The van der Waals surface area contributed by atoms with Gasteiger partial charge in [-0.3, -0.25) is 0 Å². The Balaban J connectivity index is -0.000000214. The Hall–Kier alpha value is -0.280. The predicted molar refractivity (Wildman–Crippen MR) is 284 cm³/mol. The van der Waals surface area contributed by atoms with Crippen LogP contribution in [-0.4, -0.2) is 125 Å². The molecule has 1 spiro atoms. The number of fused-ring (bicyclic) bond motifs is 1. The zero-order valence-electron chi connectivity index (χ0n) is 46.2. The third kappa shape index (κ3) is 47.2. The van der Waals surface area contributed by atoms with Crippen LogP contribution in [0.25, 0.3) is 0 Å². The average Bonchev–Trinajstić information content (AvgIpc) is 4.04. The van der Waals surface area contributed by atoms with Gasteiger partial charge in [-0.1, -0.05) is 147 Å². The predicted octanol–water partition coefficient (Wildman–Crippen LogP) is 14.3. The number of thioether (sulfide) groups is 2. The highest BCUT2D eigenvalue weighted by Crippen LogP contribution is 2.38. The molecule has 6 saturated heterocycles. The summed E-state index contributed by atoms with van der Waals surface area (Å²) in [5.41, 5.74) is -0.0704. The van der Waals surface area contributed by atoms with Gasteiger partial charge >= 0.3 is 0 Å². The van der Waals surface area contributed by atoms with Crippen molar-refractivity contribution in [3.05, 3.63) is 0 Å². The summed E-state index contributed by atoms with van der Waals surface area (Å²) in [5, 5.41) is 0. The van der Waals surface area contributed by atoms with Crippen molar-refractivity contribution in [3.8, 4) is 0 Å². The number of carbonyl (C=O) groups excluding carboxylic acids is 2. The molecule has 0 amide bonds. The van der Waals surface area contributed by atoms with E-state index in [2.05, 4.69) is 23.5 Å². The molecule has 8 fully saturated rings. The summed E-state index contributed by atoms with van der Waals surface area (Å²) in [6.45, 7) is 41.5. The maximum absolute atomic E-state index is 9.44. The fourth-order valence-electron chi connectivity index (χ4n) is 7.04. The van der Waals surface area contributed by atoms with Gasteiger partial charge in [0.1, 0.15) is 11.6 Å². The molecule has 10 nitrogen and oxygen atoms in total. The van der Waals surface area contributed by atoms with Crippen molar-refractivity contribution >= 4 is 35.1 Å². The van der Waals surface area contributed by atoms with E-state index in [1.165, 1.54) is 89.2 Å². The summed E-state index contributed by atoms with van der Waals surface area (Å²) in [6, 6.07) is 0. The molecule has 0 bridgehead atoms. The van der Waals surface area contributed by atoms with Gasteiger partial charge in [-0.15, -0.1) is 0 Å². The Morgan fingerprint density at radius 1 is 0.385 bits per heavy atom. The second kappa shape index (κ2) is 58.0. The topological polar surface area (TPSA) is 108 Å². The monoisotopic (exact) mass is 973 g/mol. The van der Waals surface area contributed by atoms with Crippen LogP contribution in [0.4, 0.5) is 0 Å². The Morgan fingerprint density at radius 2 is 0.631 bits per heavy atom. The van der Waals surface area contributed by atoms with Crippen molar-refractivity contribution in [2.75, 3.05) is 89.1 Å². The quantitative estimate of drug-likeness (QED) is 0.250. The van der Waals surface area contributed by atoms with E-state index in [1.54, 1.807) is 25.7 Å². The lowest BCUT2D eigenvalue weighted by Gasteiger charge is -2.42. The van der Waals surface area contributed by atoms with Gasteiger partial charge in [-0.25, -0.2) is 0 Å². The zero-order valence-corrected chi connectivity index (χ0v) is 47.9. The molecular weight excluding hydrogens is 861 g/mol. The van der Waals surface area contributed by atoms with Crippen LogP contribution in [0.5, 0.6) is 0 Å². The van der Waals surface area contributed by atoms with Crippen LogP contribution in [-0.2, 0) is 47.5 Å². The van der Waals surface area contributed by atoms with Gasteiger partial charge in [-0.05, 0) is 66.2 Å². The van der Waals surface area contributed by atoms with E-state index in [-0.39, 0.29) is 29.6 Å². The normalized spacial score (nSPS) is 26.0. The van der Waals surface area contributed by atoms with Crippen LogP contribution in [0, 0.1) is 17.3 Å². The largest absolute Gasteiger partial charge is 0.377 e. The Labute approximate surface area is 413 Å². The molecule has 8 rings (SSSR count). The third-order valence-corrected chi connectivity index (χ3v) is 12.3. The maximum Gasteiger partial charge on any atom is 0.154 e. The van der Waals surface area contributed by atoms with E-state index in [1.807, 2.05) is 96.9 Å². The summed E-state index contributed by atoms with van der Waals surface area (Å²) in [4.78, 5) is 18.9. The lowest BCUT2D eigenvalue weighted by molar-refractivity contribution is -0.294. The molecule has 2 aliphatic carbocycles. The first-order chi connectivity index (χ1) is 31.6. The number of carbonyl (C=O) groups is 2. The Kier molecular flexibility index (Phi) is 65.8. The number of hydrogen-bond acceptors (Lipinski definition) is 12. The molecule has 65 heavy (non-hydrogen) atoms. The molecule has 2 unspecified atom stereocenters. The minimum Gasteiger partial charge on any atom is -0.377 e. The summed E-state index contributed by atoms with van der Waals surface area (Å²) >= 11 is 4.15. The van der Waals surface area contributed by atoms with E-state index in [0.717, 1.165) is 64.3 Å². The van der Waals surface area contributed by atoms with Gasteiger partial charge in [-0.2, -0.15) is 23.5 Å². The van der Waals surface area contributed by atoms with Crippen LogP contribution in [0.15, 0.2) is 0 Å². The summed E-state index contributed by atoms with van der Waals surface area (Å²) in [6.07, 6.45) is 18.3. The molecule has 6 heterocycles. The van der Waals surface area contributed by atoms with Crippen LogP contribution in [0.2, 0.25) is 0 Å². The lowest BCUT2D eigenvalue weighted by atomic mass is 9.73. The summed E-state index contributed by atoms with van der Waals surface area (Å²) in [5.74, 6) is 8.13. The molecular formula is C53H112O10S2. The van der Waals surface area contributed by atoms with E-state index in [9.17, 15) is 9.59 Å². The second-order valence-electron chi connectivity index (χ2n) is 15.3. The fourth-order valence-corrected chi connectivity index (χ4v) is 9.33. The van der Waals surface area contributed by atoms with E-state index >= 15 is 0 Å². The molecule has 6 aliphatic heterocycles. The van der Waals surface area contributed by atoms with Crippen molar-refractivity contribution in [3.63, 3.8) is 0 Å². The van der Waals surface area contributed by atoms with Crippen LogP contribution >= 0.6 is 23.5 Å². The molecule has 0 aromatic rings. The molecule has 0 aromatic heterocycles. The van der Waals surface area contributed by atoms with Gasteiger partial charge in [0.15, 0.2) is 12.6 Å². The van der Waals surface area contributed by atoms with E-state index < -0.39 is 0 Å². The number of Topliss-reactive ketones (excluding diaryl/α,β-unsaturated/α-hetero) is 2. The van der Waals surface area contributed by atoms with Gasteiger partial charge in [0, 0.05) is 36.2 Å². The van der Waals surface area contributed by atoms with E-state index in [4.69, 9.17) is 37.9 Å². The first-order valence-electron chi connectivity index (χ1n) is 26.5. The number of ketones is 2. The van der Waals surface area contributed by atoms with Crippen molar-refractivity contribution in [1.82, 2.24) is 0 Å². The minimum absolute atomic E-state index is 0.0704. The molecule has 2 saturated carbocycles. The first kappa shape index (κ1) is 73.7. The maximum atomic E-state index is 9.44. The van der Waals surface area contributed by atoms with Crippen LogP contribution in [0.1, 0.15) is 202 Å². The summed E-state index contributed by atoms with van der Waals surface area (Å²) in [7, 11) is 0. The molecule has 0 radical (unpaired) electrons. The number of rotatable bonds is 1. The highest BCUT2D eigenvalue weighted by molar-refractivity contribution is 8.06. The second-order valence-corrected chi connectivity index (χ2v) is 17.8. The first-order valence-corrected chi connectivity index (χ1v) is 28.9. The standard InChI is InChI=1S/C12H22.C9H16O4.C6H10O2.C4H8O2.C4H8S2.2C3H6O.6C2H6/c1-3-7-11(8-4-1)12-9-5-2-6-10-12;1-7-10-3-9(4-11-7)5-12-8(2)13-6-9;1-3-7-6-2-4-8-5(1)6;2*1-2-6-4-3-5-1;2*1-3(2)4;6*1-2/h11-12H,1-10H2;7-8H,3-6H2,1-2H3;5-6H,1-4H2;2*1-4H2;2*1-2H3;6*1-2H3. The molecule has 396 valence electrons. The van der Waals surface area contributed by atoms with Crippen molar-refractivity contribution in [2.24, 2.45) is 17.3 Å². The molecule has 12 heteroatoms. The molecule has 0 N–H and O–H groups in total. The highest BCUT2D eigenvalue weighted by Gasteiger charge is 2.40. The van der Waals surface area contributed by atoms with Gasteiger partial charge in [0.25, 0.3) is 0 Å². The summed E-state index contributed by atoms with van der Waals surface area (Å²) < 4.78 is 42.3. The number of hydrogen-bond donors (Lipinski definition) is 0. The Bertz CT molecular complexity index is 781. The molecule has 8 aliphatic rings. The minimum atomic E-state index is -0.0926. The molecule has 0 aromatic carbocycles. The smallest absolute Gasteiger partial charge is 0.154 e. The van der Waals surface area contributed by atoms with Gasteiger partial charge < -0.3 is 47.5 Å². The fraction of sp³-hybridized carbons (Fsp3) is 0.962. The van der Waals surface area contributed by atoms with E-state index in [0.29, 0.717) is 38.6 Å². The van der Waals surface area contributed by atoms with Gasteiger partial charge in [0.2, 0.25) is 0 Å². The third-order valence-electron chi connectivity index (χ3n) is 9.83. The Morgan fingerprint density at radius 3 is 0.846 bits per heavy atom. The zero-order chi connectivity index (χ0) is 50.6. The van der Waals surface area contributed by atoms with Crippen molar-refractivity contribution < 1.29 is 47.5 Å². The van der Waals surface area contributed by atoms with Crippen molar-refractivity contribution in [2.45, 2.75) is 226 Å².